The summed E-state index contributed by atoms with van der Waals surface area (Å²) < 4.78 is 4.84. The lowest BCUT2D eigenvalue weighted by Gasteiger charge is -1.97. The van der Waals surface area contributed by atoms with Crippen LogP contribution < -0.4 is 11.1 Å². The molecule has 0 aromatic carbocycles. The molecule has 3 N–H and O–H groups in total. The fourth-order valence-electron chi connectivity index (χ4n) is 1.05. The fourth-order valence-corrected chi connectivity index (χ4v) is 1.75. The van der Waals surface area contributed by atoms with Gasteiger partial charge in [0.05, 0.1) is 13.2 Å². The largest absolute Gasteiger partial charge is 0.461 e. The van der Waals surface area contributed by atoms with Gasteiger partial charge in [-0.15, -0.1) is 0 Å². The van der Waals surface area contributed by atoms with E-state index in [4.69, 9.17) is 10.5 Å². The molecule has 18 heavy (non-hydrogen) atoms. The van der Waals surface area contributed by atoms with Gasteiger partial charge in [0.15, 0.2) is 10.8 Å². The first-order valence-corrected chi connectivity index (χ1v) is 6.03. The van der Waals surface area contributed by atoms with Gasteiger partial charge in [-0.05, 0) is 6.92 Å². The van der Waals surface area contributed by atoms with Crippen LogP contribution in [0.1, 0.15) is 29.2 Å². The first-order chi connectivity index (χ1) is 8.54. The molecule has 0 atom stereocenters. The van der Waals surface area contributed by atoms with Gasteiger partial charge in [0, 0.05) is 6.92 Å². The molecule has 1 aromatic rings. The predicted octanol–water partition coefficient (Wildman–Crippen LogP) is 0.390. The number of nitrogens with zero attached hydrogens (tertiary/aromatic N) is 1. The van der Waals surface area contributed by atoms with Gasteiger partial charge in [0.1, 0.15) is 4.88 Å². The lowest BCUT2D eigenvalue weighted by Crippen LogP contribution is -2.19. The summed E-state index contributed by atoms with van der Waals surface area (Å²) in [6.07, 6.45) is 0. The van der Waals surface area contributed by atoms with Gasteiger partial charge in [-0.25, -0.2) is 9.78 Å². The zero-order valence-corrected chi connectivity index (χ0v) is 10.9. The van der Waals surface area contributed by atoms with E-state index < -0.39 is 5.97 Å². The molecule has 0 bridgehead atoms. The summed E-state index contributed by atoms with van der Waals surface area (Å²) in [5, 5.41) is 2.77. The number of ether oxygens (including phenoxy) is 1. The molecule has 7 heteroatoms. The number of carbonyl (C=O) groups is 2. The molecule has 0 spiro atoms. The Bertz CT molecular complexity index is 513. The highest BCUT2D eigenvalue weighted by Gasteiger charge is 2.16. The first kappa shape index (κ1) is 14.0. The van der Waals surface area contributed by atoms with Crippen molar-refractivity contribution < 1.29 is 14.3 Å². The Morgan fingerprint density at radius 3 is 2.89 bits per heavy atom. The third-order valence-corrected chi connectivity index (χ3v) is 2.54. The minimum Gasteiger partial charge on any atom is -0.461 e. The number of anilines is 1. The van der Waals surface area contributed by atoms with Crippen molar-refractivity contribution in [2.45, 2.75) is 13.8 Å². The van der Waals surface area contributed by atoms with Crippen LogP contribution in [0.2, 0.25) is 0 Å². The van der Waals surface area contributed by atoms with Crippen LogP contribution in [0.25, 0.3) is 0 Å². The first-order valence-electron chi connectivity index (χ1n) is 5.21. The molecule has 0 radical (unpaired) electrons. The summed E-state index contributed by atoms with van der Waals surface area (Å²) >= 11 is 1.11. The van der Waals surface area contributed by atoms with Crippen molar-refractivity contribution in [1.82, 2.24) is 10.3 Å². The van der Waals surface area contributed by atoms with Gasteiger partial charge < -0.3 is 15.8 Å². The molecular formula is C11H13N3O3S. The van der Waals surface area contributed by atoms with E-state index in [0.717, 1.165) is 11.3 Å². The molecule has 0 aliphatic carbocycles. The molecule has 0 fully saturated rings. The fraction of sp³-hybridized carbons (Fsp3) is 0.364. The number of amides is 1. The average Bonchev–Trinajstić information content (AvgIpc) is 2.66. The molecule has 1 rings (SSSR count). The molecule has 0 saturated carbocycles. The number of nitrogens with two attached hydrogens (primary N) is 1. The Morgan fingerprint density at radius 2 is 2.28 bits per heavy atom. The van der Waals surface area contributed by atoms with E-state index in [1.165, 1.54) is 6.92 Å². The lowest BCUT2D eigenvalue weighted by atomic mass is 10.3. The zero-order chi connectivity index (χ0) is 13.5. The van der Waals surface area contributed by atoms with Crippen LogP contribution in [0.4, 0.5) is 5.13 Å². The van der Waals surface area contributed by atoms with Crippen molar-refractivity contribution >= 4 is 28.3 Å². The summed E-state index contributed by atoms with van der Waals surface area (Å²) in [6, 6.07) is 0. The van der Waals surface area contributed by atoms with Crippen LogP contribution in [0.3, 0.4) is 0 Å². The molecule has 0 unspecified atom stereocenters. The molecule has 96 valence electrons. The maximum Gasteiger partial charge on any atom is 0.359 e. The van der Waals surface area contributed by atoms with Crippen molar-refractivity contribution in [2.75, 3.05) is 18.9 Å². The quantitative estimate of drug-likeness (QED) is 0.610. The highest BCUT2D eigenvalue weighted by atomic mass is 32.1. The van der Waals surface area contributed by atoms with E-state index in [1.54, 1.807) is 6.92 Å². The Labute approximate surface area is 109 Å². The maximum absolute atomic E-state index is 11.5. The molecule has 1 heterocycles. The second-order valence-electron chi connectivity index (χ2n) is 3.16. The van der Waals surface area contributed by atoms with Gasteiger partial charge in [-0.1, -0.05) is 23.2 Å². The molecule has 1 amide bonds. The number of nitrogens with one attached hydrogen (secondary N) is 1. The van der Waals surface area contributed by atoms with Crippen LogP contribution >= 0.6 is 11.3 Å². The lowest BCUT2D eigenvalue weighted by molar-refractivity contribution is -0.118. The van der Waals surface area contributed by atoms with Gasteiger partial charge in [-0.2, -0.15) is 0 Å². The Kier molecular flexibility index (Phi) is 5.14. The predicted molar refractivity (Wildman–Crippen MR) is 68.0 cm³/mol. The number of nitrogen functional groups attached to an aromatic ring is 1. The molecule has 6 nitrogen and oxygen atoms in total. The summed E-state index contributed by atoms with van der Waals surface area (Å²) in [5.41, 5.74) is 5.65. The monoisotopic (exact) mass is 267 g/mol. The van der Waals surface area contributed by atoms with E-state index in [9.17, 15) is 9.59 Å². The SMILES string of the molecule is CCOC(=O)c1nc(N)sc1C#CCNC(C)=O. The Morgan fingerprint density at radius 1 is 1.56 bits per heavy atom. The third-order valence-electron chi connectivity index (χ3n) is 1.74. The second-order valence-corrected chi connectivity index (χ2v) is 4.19. The average molecular weight is 267 g/mol. The number of hydrogen-bond acceptors (Lipinski definition) is 6. The van der Waals surface area contributed by atoms with Crippen molar-refractivity contribution in [2.24, 2.45) is 0 Å². The standard InChI is InChI=1S/C11H13N3O3S/c1-3-17-10(16)9-8(18-11(12)14-9)5-4-6-13-7(2)15/h3,6H2,1-2H3,(H2,12,14)(H,13,15). The minimum atomic E-state index is -0.547. The topological polar surface area (TPSA) is 94.3 Å². The van der Waals surface area contributed by atoms with Crippen molar-refractivity contribution in [3.8, 4) is 11.8 Å². The molecule has 0 aliphatic rings. The summed E-state index contributed by atoms with van der Waals surface area (Å²) in [4.78, 5) is 26.5. The summed E-state index contributed by atoms with van der Waals surface area (Å²) in [7, 11) is 0. The number of hydrogen-bond donors (Lipinski definition) is 2. The smallest absolute Gasteiger partial charge is 0.359 e. The molecule has 0 aliphatic heterocycles. The van der Waals surface area contributed by atoms with E-state index in [2.05, 4.69) is 22.1 Å². The van der Waals surface area contributed by atoms with E-state index in [-0.39, 0.29) is 29.9 Å². The van der Waals surface area contributed by atoms with Crippen LogP contribution in [0.15, 0.2) is 0 Å². The summed E-state index contributed by atoms with van der Waals surface area (Å²) in [6.45, 7) is 3.57. The van der Waals surface area contributed by atoms with E-state index in [0.29, 0.717) is 4.88 Å². The van der Waals surface area contributed by atoms with Gasteiger partial charge in [0.25, 0.3) is 0 Å². The zero-order valence-electron chi connectivity index (χ0n) is 10.1. The van der Waals surface area contributed by atoms with Crippen LogP contribution in [-0.4, -0.2) is 30.0 Å². The number of rotatable bonds is 3. The molecule has 1 aromatic heterocycles. The van der Waals surface area contributed by atoms with Crippen LogP contribution in [-0.2, 0) is 9.53 Å². The normalized spacial score (nSPS) is 9.22. The summed E-state index contributed by atoms with van der Waals surface area (Å²) in [5.74, 6) is 4.73. The Hall–Kier alpha value is -2.07. The van der Waals surface area contributed by atoms with Crippen molar-refractivity contribution in [3.05, 3.63) is 10.6 Å². The van der Waals surface area contributed by atoms with E-state index >= 15 is 0 Å². The second kappa shape index (κ2) is 6.61. The highest BCUT2D eigenvalue weighted by Crippen LogP contribution is 2.20. The number of esters is 1. The molecular weight excluding hydrogens is 254 g/mol. The third kappa shape index (κ3) is 4.07. The van der Waals surface area contributed by atoms with Gasteiger partial charge >= 0.3 is 5.97 Å². The maximum atomic E-state index is 11.5. The van der Waals surface area contributed by atoms with Crippen molar-refractivity contribution in [3.63, 3.8) is 0 Å². The van der Waals surface area contributed by atoms with Gasteiger partial charge in [-0.3, -0.25) is 4.79 Å². The minimum absolute atomic E-state index is 0.120. The van der Waals surface area contributed by atoms with Gasteiger partial charge in [0.2, 0.25) is 5.91 Å². The molecule has 0 saturated heterocycles. The highest BCUT2D eigenvalue weighted by molar-refractivity contribution is 7.16. The van der Waals surface area contributed by atoms with Crippen LogP contribution in [0, 0.1) is 11.8 Å². The van der Waals surface area contributed by atoms with Crippen molar-refractivity contribution in [1.29, 1.82) is 0 Å². The Balaban J connectivity index is 2.81. The number of aromatic nitrogens is 1. The number of carbonyl (C=O) groups excluding carboxylic acids is 2. The van der Waals surface area contributed by atoms with E-state index in [1.807, 2.05) is 0 Å². The van der Waals surface area contributed by atoms with Crippen LogP contribution in [0.5, 0.6) is 0 Å². The number of thiazole rings is 1.